The van der Waals surface area contributed by atoms with Gasteiger partial charge in [0.05, 0.1) is 25.7 Å². The molecule has 218 valence electrons. The third kappa shape index (κ3) is 7.51. The smallest absolute Gasteiger partial charge is 0.416 e. The Hall–Kier alpha value is -4.72. The van der Waals surface area contributed by atoms with Crippen LogP contribution in [-0.4, -0.2) is 25.7 Å². The first-order valence-corrected chi connectivity index (χ1v) is 13.4. The topological polar surface area (TPSA) is 46.6 Å². The molecule has 4 rings (SSSR count). The van der Waals surface area contributed by atoms with Gasteiger partial charge in [0.1, 0.15) is 0 Å². The van der Waals surface area contributed by atoms with Crippen molar-refractivity contribution < 1.29 is 22.6 Å². The van der Waals surface area contributed by atoms with Crippen LogP contribution < -0.4 is 19.7 Å². The average Bonchev–Trinajstić information content (AvgIpc) is 3.01. The lowest BCUT2D eigenvalue weighted by Gasteiger charge is -2.34. The largest absolute Gasteiger partial charge is 0.493 e. The molecular formula is C34H34F3N3O2. The molecule has 0 saturated heterocycles. The highest BCUT2D eigenvalue weighted by molar-refractivity contribution is 5.61. The highest BCUT2D eigenvalue weighted by Crippen LogP contribution is 2.38. The number of nitrogens with one attached hydrogen (secondary N) is 1. The van der Waals surface area contributed by atoms with E-state index in [1.807, 2.05) is 65.6 Å². The van der Waals surface area contributed by atoms with Crippen molar-refractivity contribution in [3.8, 4) is 11.5 Å². The zero-order valence-corrected chi connectivity index (χ0v) is 23.7. The van der Waals surface area contributed by atoms with Crippen LogP contribution in [0.1, 0.15) is 28.2 Å². The van der Waals surface area contributed by atoms with E-state index in [4.69, 9.17) is 9.47 Å². The maximum absolute atomic E-state index is 13.1. The van der Waals surface area contributed by atoms with Crippen molar-refractivity contribution in [1.82, 2.24) is 10.3 Å². The molecular weight excluding hydrogens is 539 g/mol. The van der Waals surface area contributed by atoms with Crippen LogP contribution in [0.25, 0.3) is 0 Å². The Morgan fingerprint density at radius 3 is 2.21 bits per heavy atom. The van der Waals surface area contributed by atoms with Crippen LogP contribution in [-0.2, 0) is 19.1 Å². The highest BCUT2D eigenvalue weighted by Gasteiger charge is 2.30. The molecule has 1 atom stereocenters. The zero-order valence-electron chi connectivity index (χ0n) is 23.7. The van der Waals surface area contributed by atoms with Crippen LogP contribution in [0.3, 0.4) is 0 Å². The van der Waals surface area contributed by atoms with E-state index in [1.165, 1.54) is 12.1 Å². The van der Waals surface area contributed by atoms with Crippen molar-refractivity contribution in [2.45, 2.75) is 25.1 Å². The first kappa shape index (κ1) is 30.2. The number of hydrogen-bond donors (Lipinski definition) is 1. The van der Waals surface area contributed by atoms with Crippen LogP contribution in [0.5, 0.6) is 11.5 Å². The van der Waals surface area contributed by atoms with Gasteiger partial charge in [0.2, 0.25) is 0 Å². The third-order valence-electron chi connectivity index (χ3n) is 6.99. The molecule has 4 aromatic rings. The number of halogens is 3. The van der Waals surface area contributed by atoms with Crippen LogP contribution in [0.2, 0.25) is 0 Å². The fraction of sp³-hybridized carbons (Fsp3) is 0.206. The molecule has 0 radical (unpaired) electrons. The second kappa shape index (κ2) is 13.8. The minimum absolute atomic E-state index is 0.316. The minimum Gasteiger partial charge on any atom is -0.493 e. The molecule has 0 amide bonds. The summed E-state index contributed by atoms with van der Waals surface area (Å²) in [4.78, 5) is 6.24. The number of rotatable bonds is 13. The van der Waals surface area contributed by atoms with Gasteiger partial charge in [0, 0.05) is 48.6 Å². The predicted molar refractivity (Wildman–Crippen MR) is 161 cm³/mol. The Kier molecular flexibility index (Phi) is 9.91. The van der Waals surface area contributed by atoms with Crippen molar-refractivity contribution in [1.29, 1.82) is 0 Å². The molecule has 0 fully saturated rings. The fourth-order valence-electron chi connectivity index (χ4n) is 4.75. The van der Waals surface area contributed by atoms with Crippen molar-refractivity contribution in [2.24, 2.45) is 0 Å². The quantitative estimate of drug-likeness (QED) is 0.177. The van der Waals surface area contributed by atoms with Crippen LogP contribution in [0.15, 0.2) is 122 Å². The first-order chi connectivity index (χ1) is 20.2. The number of anilines is 1. The number of pyridine rings is 1. The second-order valence-electron chi connectivity index (χ2n) is 9.71. The fourth-order valence-corrected chi connectivity index (χ4v) is 4.75. The minimum atomic E-state index is -4.38. The maximum atomic E-state index is 13.1. The maximum Gasteiger partial charge on any atom is 0.416 e. The summed E-state index contributed by atoms with van der Waals surface area (Å²) in [6.45, 7) is 9.89. The molecule has 0 saturated carbocycles. The standard InChI is InChI=1S/C34H34F3N3O2/c1-24(39-23-27-9-8-19-38-22-27)33(28-10-6-5-7-11-28)25(2)40(30-16-17-31(41-3)32(21-30)42-4)20-18-26-12-14-29(15-13-26)34(35,36)37/h5-17,19,21-22,33,39H,1-2,18,20,23H2,3-4H3. The lowest BCUT2D eigenvalue weighted by Crippen LogP contribution is -2.31. The van der Waals surface area contributed by atoms with Crippen LogP contribution in [0.4, 0.5) is 18.9 Å². The predicted octanol–water partition coefficient (Wildman–Crippen LogP) is 7.77. The molecule has 5 nitrogen and oxygen atoms in total. The molecule has 1 N–H and O–H groups in total. The number of methoxy groups -OCH3 is 2. The molecule has 0 bridgehead atoms. The van der Waals surface area contributed by atoms with Crippen molar-refractivity contribution in [3.63, 3.8) is 0 Å². The Bertz CT molecular complexity index is 1470. The summed E-state index contributed by atoms with van der Waals surface area (Å²) in [5.41, 5.74) is 4.38. The molecule has 42 heavy (non-hydrogen) atoms. The van der Waals surface area contributed by atoms with Gasteiger partial charge in [-0.2, -0.15) is 13.2 Å². The van der Waals surface area contributed by atoms with Crippen LogP contribution >= 0.6 is 0 Å². The average molecular weight is 574 g/mol. The van der Waals surface area contributed by atoms with Gasteiger partial charge < -0.3 is 19.7 Å². The Morgan fingerprint density at radius 1 is 0.881 bits per heavy atom. The number of ether oxygens (including phenoxy) is 2. The number of aromatic nitrogens is 1. The number of hydrogen-bond acceptors (Lipinski definition) is 5. The summed E-state index contributed by atoms with van der Waals surface area (Å²) in [6.07, 6.45) is -0.385. The Labute approximate surface area is 244 Å². The normalized spacial score (nSPS) is 11.8. The SMILES string of the molecule is C=C(NCc1cccnc1)C(C(=C)N(CCc1ccc(C(F)(F)F)cc1)c1ccc(OC)c(OC)c1)c1ccccc1. The molecule has 1 heterocycles. The molecule has 0 aliphatic carbocycles. The summed E-state index contributed by atoms with van der Waals surface area (Å²) < 4.78 is 50.4. The number of nitrogens with zero attached hydrogens (tertiary/aromatic N) is 2. The Balaban J connectivity index is 1.68. The van der Waals surface area contributed by atoms with E-state index in [0.717, 1.165) is 45.9 Å². The van der Waals surface area contributed by atoms with E-state index in [9.17, 15) is 13.2 Å². The van der Waals surface area contributed by atoms with E-state index in [0.29, 0.717) is 31.0 Å². The van der Waals surface area contributed by atoms with Crippen molar-refractivity contribution in [3.05, 3.63) is 144 Å². The summed E-state index contributed by atoms with van der Waals surface area (Å²) >= 11 is 0. The van der Waals surface area contributed by atoms with Gasteiger partial charge in [-0.25, -0.2) is 0 Å². The second-order valence-corrected chi connectivity index (χ2v) is 9.71. The molecule has 0 aliphatic rings. The van der Waals surface area contributed by atoms with Crippen LogP contribution in [0, 0.1) is 0 Å². The molecule has 0 spiro atoms. The summed E-state index contributed by atoms with van der Waals surface area (Å²) in [5.74, 6) is 0.812. The summed E-state index contributed by atoms with van der Waals surface area (Å²) in [5, 5.41) is 3.45. The first-order valence-electron chi connectivity index (χ1n) is 13.4. The van der Waals surface area contributed by atoms with E-state index >= 15 is 0 Å². The van der Waals surface area contributed by atoms with E-state index < -0.39 is 11.7 Å². The van der Waals surface area contributed by atoms with Gasteiger partial charge in [-0.05, 0) is 53.4 Å². The molecule has 1 aromatic heterocycles. The summed E-state index contributed by atoms with van der Waals surface area (Å²) in [7, 11) is 3.14. The van der Waals surface area contributed by atoms with Crippen molar-refractivity contribution in [2.75, 3.05) is 25.7 Å². The van der Waals surface area contributed by atoms with Gasteiger partial charge in [0.15, 0.2) is 11.5 Å². The summed E-state index contributed by atoms with van der Waals surface area (Å²) in [6, 6.07) is 24.6. The highest BCUT2D eigenvalue weighted by atomic mass is 19.4. The Morgan fingerprint density at radius 2 is 1.60 bits per heavy atom. The lowest BCUT2D eigenvalue weighted by atomic mass is 9.91. The van der Waals surface area contributed by atoms with E-state index in [2.05, 4.69) is 23.5 Å². The van der Waals surface area contributed by atoms with Gasteiger partial charge in [-0.15, -0.1) is 0 Å². The molecule has 1 unspecified atom stereocenters. The van der Waals surface area contributed by atoms with Gasteiger partial charge in [-0.3, -0.25) is 4.98 Å². The molecule has 8 heteroatoms. The van der Waals surface area contributed by atoms with Gasteiger partial charge >= 0.3 is 6.18 Å². The van der Waals surface area contributed by atoms with Gasteiger partial charge in [0.25, 0.3) is 0 Å². The lowest BCUT2D eigenvalue weighted by molar-refractivity contribution is -0.137. The zero-order chi connectivity index (χ0) is 30.1. The third-order valence-corrected chi connectivity index (χ3v) is 6.99. The van der Waals surface area contributed by atoms with E-state index in [1.54, 1.807) is 26.6 Å². The van der Waals surface area contributed by atoms with Gasteiger partial charge in [-0.1, -0.05) is 61.7 Å². The van der Waals surface area contributed by atoms with Crippen molar-refractivity contribution >= 4 is 5.69 Å². The monoisotopic (exact) mass is 573 g/mol. The number of alkyl halides is 3. The van der Waals surface area contributed by atoms with E-state index in [-0.39, 0.29) is 5.92 Å². The molecule has 0 aliphatic heterocycles. The molecule has 3 aromatic carbocycles. The number of benzene rings is 3.